The number of hydrogen-bond acceptors (Lipinski definition) is 4. The molecule has 0 bridgehead atoms. The summed E-state index contributed by atoms with van der Waals surface area (Å²) in [4.78, 5) is 14.6. The van der Waals surface area contributed by atoms with E-state index in [0.29, 0.717) is 35.5 Å². The number of para-hydroxylation sites is 1. The lowest BCUT2D eigenvalue weighted by Gasteiger charge is -2.26. The number of nitrogens with zero attached hydrogens (tertiary/aromatic N) is 2. The van der Waals surface area contributed by atoms with E-state index in [0.717, 1.165) is 5.56 Å². The van der Waals surface area contributed by atoms with Gasteiger partial charge in [-0.1, -0.05) is 24.3 Å². The number of halogens is 1. The Bertz CT molecular complexity index is 984. The Labute approximate surface area is 154 Å². The lowest BCUT2D eigenvalue weighted by molar-refractivity contribution is 0.0732. The second-order valence-electron chi connectivity index (χ2n) is 6.41. The first-order valence-corrected chi connectivity index (χ1v) is 8.65. The fourth-order valence-corrected chi connectivity index (χ4v) is 3.54. The molecule has 3 N–H and O–H groups in total. The van der Waals surface area contributed by atoms with E-state index in [1.54, 1.807) is 41.3 Å². The predicted octanol–water partition coefficient (Wildman–Crippen LogP) is 2.85. The molecule has 7 heteroatoms. The summed E-state index contributed by atoms with van der Waals surface area (Å²) >= 11 is 0. The van der Waals surface area contributed by atoms with Gasteiger partial charge >= 0.3 is 0 Å². The van der Waals surface area contributed by atoms with E-state index in [1.165, 1.54) is 12.1 Å². The number of amides is 1. The molecule has 0 saturated carbocycles. The third-order valence-electron chi connectivity index (χ3n) is 4.77. The molecule has 1 atom stereocenters. The normalized spacial score (nSPS) is 16.0. The van der Waals surface area contributed by atoms with Crippen molar-refractivity contribution in [2.45, 2.75) is 12.5 Å². The number of carbonyl (C=O) groups is 1. The van der Waals surface area contributed by atoms with Gasteiger partial charge in [-0.25, -0.2) is 4.39 Å². The lowest BCUT2D eigenvalue weighted by Crippen LogP contribution is -2.31. The molecule has 0 spiro atoms. The zero-order chi connectivity index (χ0) is 19.0. The fourth-order valence-electron chi connectivity index (χ4n) is 3.54. The Morgan fingerprint density at radius 3 is 2.59 bits per heavy atom. The van der Waals surface area contributed by atoms with Crippen molar-refractivity contribution in [2.75, 3.05) is 13.2 Å². The molecular formula is C20H18FN3O3. The number of fused-ring (bicyclic) bond motifs is 1. The first-order chi connectivity index (χ1) is 13.1. The van der Waals surface area contributed by atoms with Crippen molar-refractivity contribution in [1.82, 2.24) is 15.1 Å². The summed E-state index contributed by atoms with van der Waals surface area (Å²) in [6.07, 6.45) is 0.424. The Morgan fingerprint density at radius 2 is 1.89 bits per heavy atom. The molecule has 1 aliphatic rings. The molecule has 0 saturated heterocycles. The Hall–Kier alpha value is -3.19. The van der Waals surface area contributed by atoms with E-state index in [1.807, 2.05) is 0 Å². The number of hydrogen-bond donors (Lipinski definition) is 3. The number of aromatic nitrogens is 2. The molecular weight excluding hydrogens is 349 g/mol. The second-order valence-corrected chi connectivity index (χ2v) is 6.41. The summed E-state index contributed by atoms with van der Waals surface area (Å²) in [7, 11) is 0. The molecule has 27 heavy (non-hydrogen) atoms. The fraction of sp³-hybridized carbons (Fsp3) is 0.200. The minimum atomic E-state index is -0.479. The van der Waals surface area contributed by atoms with Gasteiger partial charge in [0.15, 0.2) is 0 Å². The van der Waals surface area contributed by atoms with Crippen molar-refractivity contribution >= 4 is 5.91 Å². The number of phenols is 1. The van der Waals surface area contributed by atoms with E-state index in [2.05, 4.69) is 10.2 Å². The summed E-state index contributed by atoms with van der Waals surface area (Å²) in [5, 5.41) is 26.5. The van der Waals surface area contributed by atoms with Crippen LogP contribution in [0.25, 0.3) is 11.3 Å². The van der Waals surface area contributed by atoms with Crippen LogP contribution in [-0.4, -0.2) is 44.4 Å². The van der Waals surface area contributed by atoms with Crippen molar-refractivity contribution in [3.8, 4) is 17.0 Å². The molecule has 138 valence electrons. The van der Waals surface area contributed by atoms with Gasteiger partial charge in [-0.15, -0.1) is 0 Å². The zero-order valence-electron chi connectivity index (χ0n) is 14.4. The van der Waals surface area contributed by atoms with E-state index in [4.69, 9.17) is 0 Å². The average molecular weight is 367 g/mol. The Morgan fingerprint density at radius 1 is 1.15 bits per heavy atom. The molecule has 1 aromatic heterocycles. The van der Waals surface area contributed by atoms with Crippen LogP contribution in [0.2, 0.25) is 0 Å². The van der Waals surface area contributed by atoms with Crippen LogP contribution in [0.3, 0.4) is 0 Å². The number of aliphatic hydroxyl groups is 1. The number of aromatic amines is 1. The summed E-state index contributed by atoms with van der Waals surface area (Å²) in [6.45, 7) is 0.304. The third-order valence-corrected chi connectivity index (χ3v) is 4.77. The molecule has 6 nitrogen and oxygen atoms in total. The lowest BCUT2D eigenvalue weighted by atomic mass is 9.95. The van der Waals surface area contributed by atoms with Crippen LogP contribution in [0.1, 0.15) is 34.1 Å². The highest BCUT2D eigenvalue weighted by atomic mass is 19.1. The van der Waals surface area contributed by atoms with Crippen molar-refractivity contribution in [3.63, 3.8) is 0 Å². The van der Waals surface area contributed by atoms with E-state index >= 15 is 0 Å². The number of aliphatic hydroxyl groups excluding tert-OH is 1. The molecule has 0 unspecified atom stereocenters. The second kappa shape index (κ2) is 6.85. The van der Waals surface area contributed by atoms with Gasteiger partial charge in [0.1, 0.15) is 23.0 Å². The minimum Gasteiger partial charge on any atom is -0.507 e. The molecule has 4 rings (SSSR count). The van der Waals surface area contributed by atoms with Gasteiger partial charge < -0.3 is 15.1 Å². The topological polar surface area (TPSA) is 89.5 Å². The van der Waals surface area contributed by atoms with E-state index in [-0.39, 0.29) is 24.1 Å². The van der Waals surface area contributed by atoms with Crippen molar-refractivity contribution in [2.24, 2.45) is 0 Å². The van der Waals surface area contributed by atoms with Crippen LogP contribution >= 0.6 is 0 Å². The summed E-state index contributed by atoms with van der Waals surface area (Å²) < 4.78 is 13.4. The minimum absolute atomic E-state index is 0.0432. The summed E-state index contributed by atoms with van der Waals surface area (Å²) in [5.41, 5.74) is 2.72. The number of carbonyl (C=O) groups excluding carboxylic acids is 1. The van der Waals surface area contributed by atoms with Gasteiger partial charge in [-0.2, -0.15) is 5.10 Å². The number of phenolic OH excluding ortho intramolecular Hbond substituents is 1. The first kappa shape index (κ1) is 17.2. The molecule has 2 aromatic carbocycles. The summed E-state index contributed by atoms with van der Waals surface area (Å²) in [6, 6.07) is 12.3. The predicted molar refractivity (Wildman–Crippen MR) is 96.7 cm³/mol. The Kier molecular flexibility index (Phi) is 4.37. The van der Waals surface area contributed by atoms with E-state index < -0.39 is 6.04 Å². The van der Waals surface area contributed by atoms with Crippen LogP contribution in [0.15, 0.2) is 48.5 Å². The zero-order valence-corrected chi connectivity index (χ0v) is 14.4. The monoisotopic (exact) mass is 367 g/mol. The van der Waals surface area contributed by atoms with Gasteiger partial charge in [-0.05, 0) is 36.2 Å². The van der Waals surface area contributed by atoms with Gasteiger partial charge in [0, 0.05) is 24.3 Å². The number of rotatable bonds is 5. The van der Waals surface area contributed by atoms with Crippen molar-refractivity contribution < 1.29 is 19.4 Å². The molecule has 1 amide bonds. The molecule has 0 aliphatic carbocycles. The van der Waals surface area contributed by atoms with Crippen LogP contribution in [0, 0.1) is 5.82 Å². The maximum atomic E-state index is 13.4. The standard InChI is InChI=1S/C20H18FN3O3/c21-13-8-6-12(7-9-13)19-16-17(14-4-1-2-5-15(14)26)22-23-18(16)20(27)24(19)10-3-11-25/h1-2,4-9,19,25-26H,3,10-11H2,(H,22,23)/t19-/m1/s1. The Balaban J connectivity index is 1.88. The highest BCUT2D eigenvalue weighted by Gasteiger charge is 2.42. The van der Waals surface area contributed by atoms with E-state index in [9.17, 15) is 19.4 Å². The third kappa shape index (κ3) is 2.86. The number of H-pyrrole nitrogens is 1. The smallest absolute Gasteiger partial charge is 0.273 e. The van der Waals surface area contributed by atoms with Gasteiger partial charge in [0.2, 0.25) is 0 Å². The number of benzene rings is 2. The van der Waals surface area contributed by atoms with Gasteiger partial charge in [0.25, 0.3) is 5.91 Å². The maximum absolute atomic E-state index is 13.4. The van der Waals surface area contributed by atoms with Crippen molar-refractivity contribution in [1.29, 1.82) is 0 Å². The largest absolute Gasteiger partial charge is 0.507 e. The molecule has 0 radical (unpaired) electrons. The SMILES string of the molecule is O=C1c2[nH]nc(-c3ccccc3O)c2[C@@H](c2ccc(F)cc2)N1CCCO. The molecule has 3 aromatic rings. The van der Waals surface area contributed by atoms with Crippen LogP contribution < -0.4 is 0 Å². The molecule has 2 heterocycles. The molecule has 1 aliphatic heterocycles. The highest BCUT2D eigenvalue weighted by Crippen LogP contribution is 2.44. The quantitative estimate of drug-likeness (QED) is 0.647. The van der Waals surface area contributed by atoms with Gasteiger partial charge in [-0.3, -0.25) is 9.89 Å². The van der Waals surface area contributed by atoms with Crippen LogP contribution in [-0.2, 0) is 0 Å². The average Bonchev–Trinajstić information content (AvgIpc) is 3.21. The van der Waals surface area contributed by atoms with Crippen LogP contribution in [0.4, 0.5) is 4.39 Å². The maximum Gasteiger partial charge on any atom is 0.273 e. The van der Waals surface area contributed by atoms with Crippen LogP contribution in [0.5, 0.6) is 5.75 Å². The van der Waals surface area contributed by atoms with Gasteiger partial charge in [0.05, 0.1) is 6.04 Å². The summed E-state index contributed by atoms with van der Waals surface area (Å²) in [5.74, 6) is -0.536. The van der Waals surface area contributed by atoms with Crippen molar-refractivity contribution in [3.05, 3.63) is 71.2 Å². The number of nitrogens with one attached hydrogen (secondary N) is 1. The first-order valence-electron chi connectivity index (χ1n) is 8.65. The molecule has 0 fully saturated rings. The highest BCUT2D eigenvalue weighted by molar-refractivity contribution is 6.00. The number of aromatic hydroxyl groups is 1.